The highest BCUT2D eigenvalue weighted by atomic mass is 16.5. The van der Waals surface area contributed by atoms with E-state index in [1.807, 2.05) is 0 Å². The van der Waals surface area contributed by atoms with Crippen molar-refractivity contribution >= 4 is 11.9 Å². The van der Waals surface area contributed by atoms with E-state index in [-0.39, 0.29) is 18.5 Å². The van der Waals surface area contributed by atoms with Gasteiger partial charge in [-0.3, -0.25) is 9.59 Å². The molecule has 6 nitrogen and oxygen atoms in total. The Morgan fingerprint density at radius 2 is 0.962 bits per heavy atom. The summed E-state index contributed by atoms with van der Waals surface area (Å²) in [6.07, 6.45) is 48.4. The van der Waals surface area contributed by atoms with Gasteiger partial charge in [-0.25, -0.2) is 0 Å². The minimum absolute atomic E-state index is 0.0340. The maximum Gasteiger partial charge on any atom is 0.305 e. The predicted octanol–water partition coefficient (Wildman–Crippen LogP) is 13.2. The number of amides is 1. The SMILES string of the molecule is CCCC/C=C\C/C=C\CCCCCCCC(=O)OCCCCCCCCCCCCC(=O)NC(CO)C(O)CCCCCCCCCCCCCC. The summed E-state index contributed by atoms with van der Waals surface area (Å²) in [7, 11) is 0. The van der Waals surface area contributed by atoms with E-state index >= 15 is 0 Å². The molecule has 0 aliphatic heterocycles. The van der Waals surface area contributed by atoms with E-state index in [1.165, 1.54) is 135 Å². The Morgan fingerprint density at radius 1 is 0.528 bits per heavy atom. The summed E-state index contributed by atoms with van der Waals surface area (Å²) in [5.74, 6) is -0.0944. The van der Waals surface area contributed by atoms with Crippen LogP contribution in [0.2, 0.25) is 0 Å². The van der Waals surface area contributed by atoms with Crippen LogP contribution >= 0.6 is 0 Å². The molecule has 0 aromatic heterocycles. The van der Waals surface area contributed by atoms with Crippen molar-refractivity contribution in [1.82, 2.24) is 5.32 Å². The van der Waals surface area contributed by atoms with Crippen LogP contribution in [0, 0.1) is 0 Å². The Balaban J connectivity index is 3.50. The van der Waals surface area contributed by atoms with Gasteiger partial charge in [0.25, 0.3) is 0 Å². The summed E-state index contributed by atoms with van der Waals surface area (Å²) in [4.78, 5) is 24.4. The number of aliphatic hydroxyl groups is 2. The number of ether oxygens (including phenoxy) is 1. The number of nitrogens with one attached hydrogen (secondary N) is 1. The Morgan fingerprint density at radius 3 is 1.49 bits per heavy atom. The van der Waals surface area contributed by atoms with E-state index in [0.717, 1.165) is 70.6 Å². The third-order valence-corrected chi connectivity index (χ3v) is 10.5. The number of esters is 1. The van der Waals surface area contributed by atoms with Crippen LogP contribution in [0.25, 0.3) is 0 Å². The van der Waals surface area contributed by atoms with Crippen LogP contribution < -0.4 is 5.32 Å². The minimum atomic E-state index is -0.678. The molecule has 0 fully saturated rings. The number of allylic oxidation sites excluding steroid dienone is 4. The Hall–Kier alpha value is -1.66. The number of aliphatic hydroxyl groups excluding tert-OH is 2. The Bertz CT molecular complexity index is 828. The molecule has 0 aliphatic carbocycles. The third kappa shape index (κ3) is 39.8. The van der Waals surface area contributed by atoms with Gasteiger partial charge >= 0.3 is 5.97 Å². The zero-order valence-corrected chi connectivity index (χ0v) is 35.2. The lowest BCUT2D eigenvalue weighted by atomic mass is 10.0. The zero-order chi connectivity index (χ0) is 38.7. The van der Waals surface area contributed by atoms with Crippen molar-refractivity contribution in [3.63, 3.8) is 0 Å². The summed E-state index contributed by atoms with van der Waals surface area (Å²) < 4.78 is 5.43. The lowest BCUT2D eigenvalue weighted by molar-refractivity contribution is -0.143. The van der Waals surface area contributed by atoms with E-state index < -0.39 is 12.1 Å². The van der Waals surface area contributed by atoms with E-state index in [1.54, 1.807) is 0 Å². The fourth-order valence-electron chi connectivity index (χ4n) is 6.89. The standard InChI is InChI=1S/C47H89NO5/c1-3-5-7-9-11-13-15-17-18-20-25-29-33-37-41-47(52)53-42-38-34-30-26-22-21-24-28-32-36-40-46(51)48-44(43-49)45(50)39-35-31-27-23-19-16-14-12-10-8-6-4-2/h9,11,15,17,44-45,49-50H,3-8,10,12-14,16,18-43H2,1-2H3,(H,48,51)/b11-9-,17-15-. The average molecular weight is 748 g/mol. The van der Waals surface area contributed by atoms with Crippen molar-refractivity contribution in [2.45, 2.75) is 251 Å². The molecule has 0 aliphatic rings. The quantitative estimate of drug-likeness (QED) is 0.0328. The Labute approximate surface area is 329 Å². The molecule has 0 rings (SSSR count). The third-order valence-electron chi connectivity index (χ3n) is 10.5. The normalized spacial score (nSPS) is 12.9. The molecule has 0 saturated carbocycles. The second kappa shape index (κ2) is 43.1. The number of carbonyl (C=O) groups is 2. The lowest BCUT2D eigenvalue weighted by Crippen LogP contribution is -2.45. The molecule has 2 unspecified atom stereocenters. The number of hydrogen-bond donors (Lipinski definition) is 3. The first-order chi connectivity index (χ1) is 26.0. The summed E-state index contributed by atoms with van der Waals surface area (Å²) in [6, 6.07) is -0.557. The second-order valence-electron chi connectivity index (χ2n) is 15.7. The molecule has 0 aromatic carbocycles. The van der Waals surface area contributed by atoms with Crippen LogP contribution in [-0.4, -0.2) is 47.4 Å². The van der Waals surface area contributed by atoms with E-state index in [2.05, 4.69) is 43.5 Å². The molecule has 0 radical (unpaired) electrons. The van der Waals surface area contributed by atoms with E-state index in [4.69, 9.17) is 4.74 Å². The van der Waals surface area contributed by atoms with Crippen molar-refractivity contribution in [2.24, 2.45) is 0 Å². The van der Waals surface area contributed by atoms with Crippen LogP contribution in [-0.2, 0) is 14.3 Å². The molecule has 312 valence electrons. The van der Waals surface area contributed by atoms with Crippen molar-refractivity contribution in [1.29, 1.82) is 0 Å². The highest BCUT2D eigenvalue weighted by Gasteiger charge is 2.20. The molecule has 0 heterocycles. The second-order valence-corrected chi connectivity index (χ2v) is 15.7. The van der Waals surface area contributed by atoms with Crippen LogP contribution in [0.4, 0.5) is 0 Å². The number of unbranched alkanes of at least 4 members (excludes halogenated alkanes) is 27. The topological polar surface area (TPSA) is 95.9 Å². The first-order valence-corrected chi connectivity index (χ1v) is 23.1. The average Bonchev–Trinajstić information content (AvgIpc) is 3.16. The summed E-state index contributed by atoms with van der Waals surface area (Å²) in [5.41, 5.74) is 0. The van der Waals surface area contributed by atoms with Gasteiger partial charge in [0.2, 0.25) is 5.91 Å². The van der Waals surface area contributed by atoms with Gasteiger partial charge in [0.1, 0.15) is 0 Å². The van der Waals surface area contributed by atoms with Crippen molar-refractivity contribution in [2.75, 3.05) is 13.2 Å². The van der Waals surface area contributed by atoms with Gasteiger partial charge in [0, 0.05) is 12.8 Å². The molecule has 0 spiro atoms. The fourth-order valence-corrected chi connectivity index (χ4v) is 6.89. The van der Waals surface area contributed by atoms with Crippen LogP contribution in [0.1, 0.15) is 239 Å². The van der Waals surface area contributed by atoms with Crippen molar-refractivity contribution in [3.8, 4) is 0 Å². The summed E-state index contributed by atoms with van der Waals surface area (Å²) in [6.45, 7) is 4.84. The van der Waals surface area contributed by atoms with E-state index in [9.17, 15) is 19.8 Å². The van der Waals surface area contributed by atoms with Gasteiger partial charge in [0.05, 0.1) is 25.4 Å². The first-order valence-electron chi connectivity index (χ1n) is 23.1. The molecule has 0 saturated heterocycles. The molecular formula is C47H89NO5. The smallest absolute Gasteiger partial charge is 0.305 e. The van der Waals surface area contributed by atoms with Crippen LogP contribution in [0.3, 0.4) is 0 Å². The molecule has 3 N–H and O–H groups in total. The molecule has 53 heavy (non-hydrogen) atoms. The first kappa shape index (κ1) is 51.3. The lowest BCUT2D eigenvalue weighted by Gasteiger charge is -2.22. The molecule has 1 amide bonds. The number of hydrogen-bond acceptors (Lipinski definition) is 5. The van der Waals surface area contributed by atoms with Gasteiger partial charge in [-0.05, 0) is 51.4 Å². The maximum atomic E-state index is 12.4. The van der Waals surface area contributed by atoms with Gasteiger partial charge < -0.3 is 20.3 Å². The number of carbonyl (C=O) groups excluding carboxylic acids is 2. The molecular weight excluding hydrogens is 659 g/mol. The van der Waals surface area contributed by atoms with Gasteiger partial charge in [-0.1, -0.05) is 199 Å². The predicted molar refractivity (Wildman–Crippen MR) is 227 cm³/mol. The minimum Gasteiger partial charge on any atom is -0.466 e. The van der Waals surface area contributed by atoms with Gasteiger partial charge in [-0.15, -0.1) is 0 Å². The Kier molecular flexibility index (Phi) is 41.7. The molecule has 2 atom stereocenters. The highest BCUT2D eigenvalue weighted by molar-refractivity contribution is 5.76. The number of rotatable bonds is 42. The summed E-state index contributed by atoms with van der Waals surface area (Å²) in [5, 5.41) is 23.1. The van der Waals surface area contributed by atoms with Crippen molar-refractivity contribution < 1.29 is 24.5 Å². The monoisotopic (exact) mass is 748 g/mol. The molecule has 0 bridgehead atoms. The van der Waals surface area contributed by atoms with Crippen LogP contribution in [0.15, 0.2) is 24.3 Å². The van der Waals surface area contributed by atoms with Gasteiger partial charge in [-0.2, -0.15) is 0 Å². The highest BCUT2D eigenvalue weighted by Crippen LogP contribution is 2.15. The largest absolute Gasteiger partial charge is 0.466 e. The van der Waals surface area contributed by atoms with Gasteiger partial charge in [0.15, 0.2) is 0 Å². The van der Waals surface area contributed by atoms with Crippen molar-refractivity contribution in [3.05, 3.63) is 24.3 Å². The maximum absolute atomic E-state index is 12.4. The molecule has 0 aromatic rings. The van der Waals surface area contributed by atoms with Crippen LogP contribution in [0.5, 0.6) is 0 Å². The zero-order valence-electron chi connectivity index (χ0n) is 35.2. The van der Waals surface area contributed by atoms with E-state index in [0.29, 0.717) is 25.9 Å². The summed E-state index contributed by atoms with van der Waals surface area (Å²) >= 11 is 0. The molecule has 6 heteroatoms. The fraction of sp³-hybridized carbons (Fsp3) is 0.872.